The zero-order valence-electron chi connectivity index (χ0n) is 17.5. The molecule has 1 aliphatic rings. The van der Waals surface area contributed by atoms with Gasteiger partial charge in [0.15, 0.2) is 5.16 Å². The molecule has 1 atom stereocenters. The first kappa shape index (κ1) is 22.1. The molecule has 0 spiro atoms. The molecule has 4 rings (SSSR count). The largest absolute Gasteiger partial charge is 0.325 e. The Bertz CT molecular complexity index is 1270. The Morgan fingerprint density at radius 2 is 1.97 bits per heavy atom. The number of amides is 2. The van der Waals surface area contributed by atoms with Crippen molar-refractivity contribution >= 4 is 46.7 Å². The third-order valence-electron chi connectivity index (χ3n) is 5.33. The van der Waals surface area contributed by atoms with Gasteiger partial charge in [0.25, 0.3) is 5.56 Å². The molecule has 0 saturated carbocycles. The Hall–Kier alpha value is -3.10. The highest BCUT2D eigenvalue weighted by molar-refractivity contribution is 7.98. The Morgan fingerprint density at radius 1 is 1.19 bits per heavy atom. The predicted molar refractivity (Wildman–Crippen MR) is 126 cm³/mol. The summed E-state index contributed by atoms with van der Waals surface area (Å²) in [5, 5.41) is 6.28. The highest BCUT2D eigenvalue weighted by atomic mass is 35.5. The Balaban J connectivity index is 1.60. The van der Waals surface area contributed by atoms with E-state index in [1.165, 1.54) is 11.8 Å². The number of rotatable bonds is 5. The summed E-state index contributed by atoms with van der Waals surface area (Å²) >= 11 is 7.39. The number of carbonyl (C=O) groups is 2. The van der Waals surface area contributed by atoms with Gasteiger partial charge in [0.1, 0.15) is 5.82 Å². The van der Waals surface area contributed by atoms with E-state index < -0.39 is 17.4 Å². The van der Waals surface area contributed by atoms with Gasteiger partial charge in [-0.1, -0.05) is 53.7 Å². The lowest BCUT2D eigenvalue weighted by Crippen LogP contribution is -2.36. The second-order valence-corrected chi connectivity index (χ2v) is 9.00. The molecule has 0 radical (unpaired) electrons. The van der Waals surface area contributed by atoms with E-state index in [0.29, 0.717) is 21.6 Å². The van der Waals surface area contributed by atoms with Crippen molar-refractivity contribution in [3.63, 3.8) is 0 Å². The van der Waals surface area contributed by atoms with Gasteiger partial charge in [0, 0.05) is 22.9 Å². The van der Waals surface area contributed by atoms with E-state index in [1.54, 1.807) is 18.2 Å². The molecule has 2 heterocycles. The highest BCUT2D eigenvalue weighted by Crippen LogP contribution is 2.32. The number of aromatic amines is 1. The number of anilines is 2. The Labute approximate surface area is 194 Å². The maximum absolute atomic E-state index is 13.0. The van der Waals surface area contributed by atoms with Crippen LogP contribution in [0.3, 0.4) is 0 Å². The molecule has 7 nitrogen and oxygen atoms in total. The van der Waals surface area contributed by atoms with Crippen LogP contribution >= 0.6 is 23.4 Å². The Morgan fingerprint density at radius 3 is 2.75 bits per heavy atom. The molecular formula is C23H21ClN4O3S. The molecular weight excluding hydrogens is 448 g/mol. The number of aromatic nitrogens is 2. The molecule has 1 aromatic heterocycles. The van der Waals surface area contributed by atoms with E-state index in [0.717, 1.165) is 16.7 Å². The van der Waals surface area contributed by atoms with E-state index in [1.807, 2.05) is 38.1 Å². The molecule has 1 aliphatic heterocycles. The van der Waals surface area contributed by atoms with Crippen molar-refractivity contribution in [1.29, 1.82) is 0 Å². The minimum atomic E-state index is -0.955. The van der Waals surface area contributed by atoms with Crippen molar-refractivity contribution in [2.75, 3.05) is 10.6 Å². The summed E-state index contributed by atoms with van der Waals surface area (Å²) in [6, 6.07) is 13.1. The van der Waals surface area contributed by atoms with Gasteiger partial charge in [-0.15, -0.1) is 0 Å². The molecule has 0 fully saturated rings. The molecule has 9 heteroatoms. The quantitative estimate of drug-likeness (QED) is 0.380. The van der Waals surface area contributed by atoms with E-state index in [-0.39, 0.29) is 23.7 Å². The molecule has 164 valence electrons. The number of H-pyrrole nitrogens is 1. The fourth-order valence-corrected chi connectivity index (χ4v) is 4.62. The number of hydrogen-bond donors (Lipinski definition) is 3. The number of fused-ring (bicyclic) bond motifs is 1. The molecule has 0 saturated heterocycles. The number of aryl methyl sites for hydroxylation is 2. The fourth-order valence-electron chi connectivity index (χ4n) is 3.51. The minimum absolute atomic E-state index is 0.125. The Kier molecular flexibility index (Phi) is 6.34. The minimum Gasteiger partial charge on any atom is -0.325 e. The van der Waals surface area contributed by atoms with Gasteiger partial charge < -0.3 is 15.6 Å². The number of hydrogen-bond acceptors (Lipinski definition) is 5. The van der Waals surface area contributed by atoms with Crippen LogP contribution in [0.1, 0.15) is 34.6 Å². The summed E-state index contributed by atoms with van der Waals surface area (Å²) in [7, 11) is 0. The van der Waals surface area contributed by atoms with Gasteiger partial charge in [-0.3, -0.25) is 14.4 Å². The molecule has 2 amide bonds. The number of nitrogens with zero attached hydrogens (tertiary/aromatic N) is 1. The summed E-state index contributed by atoms with van der Waals surface area (Å²) < 4.78 is 0. The van der Waals surface area contributed by atoms with Gasteiger partial charge >= 0.3 is 0 Å². The van der Waals surface area contributed by atoms with Gasteiger partial charge in [0.05, 0.1) is 11.5 Å². The van der Waals surface area contributed by atoms with Gasteiger partial charge in [-0.2, -0.15) is 0 Å². The van der Waals surface area contributed by atoms with Crippen LogP contribution in [0, 0.1) is 13.8 Å². The summed E-state index contributed by atoms with van der Waals surface area (Å²) in [5.74, 6) is -1.04. The van der Waals surface area contributed by atoms with Gasteiger partial charge in [-0.05, 0) is 42.7 Å². The van der Waals surface area contributed by atoms with E-state index >= 15 is 0 Å². The van der Waals surface area contributed by atoms with Gasteiger partial charge in [0.2, 0.25) is 11.8 Å². The lowest BCUT2D eigenvalue weighted by atomic mass is 9.92. The first-order valence-electron chi connectivity index (χ1n) is 10.00. The topological polar surface area (TPSA) is 104 Å². The smallest absolute Gasteiger partial charge is 0.257 e. The van der Waals surface area contributed by atoms with Crippen LogP contribution in [0.4, 0.5) is 11.5 Å². The molecule has 0 unspecified atom stereocenters. The molecule has 32 heavy (non-hydrogen) atoms. The van der Waals surface area contributed by atoms with Crippen molar-refractivity contribution in [2.45, 2.75) is 37.1 Å². The molecule has 2 aromatic carbocycles. The normalized spacial score (nSPS) is 15.1. The van der Waals surface area contributed by atoms with Crippen molar-refractivity contribution < 1.29 is 9.59 Å². The maximum atomic E-state index is 13.0. The predicted octanol–water partition coefficient (Wildman–Crippen LogP) is 4.40. The maximum Gasteiger partial charge on any atom is 0.257 e. The average molecular weight is 469 g/mol. The van der Waals surface area contributed by atoms with E-state index in [2.05, 4.69) is 20.6 Å². The molecule has 0 bridgehead atoms. The number of halogens is 1. The first-order chi connectivity index (χ1) is 15.3. The monoisotopic (exact) mass is 468 g/mol. The average Bonchev–Trinajstić information content (AvgIpc) is 2.75. The van der Waals surface area contributed by atoms with Crippen LogP contribution < -0.4 is 16.2 Å². The fraction of sp³-hybridized carbons (Fsp3) is 0.217. The highest BCUT2D eigenvalue weighted by Gasteiger charge is 2.35. The number of nitrogens with one attached hydrogen (secondary N) is 3. The standard InChI is InChI=1S/C23H21ClN4O3S/c1-12-5-3-4-6-14(12)11-32-23-27-20-19(22(31)28-23)16(10-18(29)26-20)21(30)25-17-9-15(24)8-7-13(17)2/h3-9,16H,10-11H2,1-2H3,(H,25,30)(H2,26,27,28,29,31)/t16-/m1/s1. The summed E-state index contributed by atoms with van der Waals surface area (Å²) in [5.41, 5.74) is 3.33. The van der Waals surface area contributed by atoms with Crippen molar-refractivity contribution in [1.82, 2.24) is 9.97 Å². The third-order valence-corrected chi connectivity index (χ3v) is 6.49. The lowest BCUT2D eigenvalue weighted by Gasteiger charge is -2.24. The van der Waals surface area contributed by atoms with Crippen molar-refractivity contribution in [3.8, 4) is 0 Å². The van der Waals surface area contributed by atoms with Gasteiger partial charge in [-0.25, -0.2) is 4.98 Å². The van der Waals surface area contributed by atoms with E-state index in [9.17, 15) is 14.4 Å². The second-order valence-electron chi connectivity index (χ2n) is 7.60. The molecule has 3 N–H and O–H groups in total. The van der Waals surface area contributed by atoms with Crippen LogP contribution in [0.5, 0.6) is 0 Å². The lowest BCUT2D eigenvalue weighted by molar-refractivity contribution is -0.123. The molecule has 3 aromatic rings. The number of benzene rings is 2. The van der Waals surface area contributed by atoms with Crippen LogP contribution in [0.2, 0.25) is 5.02 Å². The van der Waals surface area contributed by atoms with Crippen molar-refractivity contribution in [3.05, 3.63) is 80.1 Å². The van der Waals surface area contributed by atoms with Crippen LogP contribution in [0.25, 0.3) is 0 Å². The first-order valence-corrected chi connectivity index (χ1v) is 11.4. The van der Waals surface area contributed by atoms with Crippen molar-refractivity contribution in [2.24, 2.45) is 0 Å². The third kappa shape index (κ3) is 4.71. The summed E-state index contributed by atoms with van der Waals surface area (Å²) in [6.07, 6.45) is -0.140. The van der Waals surface area contributed by atoms with Crippen LogP contribution in [0.15, 0.2) is 52.4 Å². The van der Waals surface area contributed by atoms with E-state index in [4.69, 9.17) is 11.6 Å². The summed E-state index contributed by atoms with van der Waals surface area (Å²) in [6.45, 7) is 3.85. The zero-order chi connectivity index (χ0) is 22.8. The molecule has 0 aliphatic carbocycles. The number of thioether (sulfide) groups is 1. The number of carbonyl (C=O) groups excluding carboxylic acids is 2. The van der Waals surface area contributed by atoms with Crippen LogP contribution in [-0.4, -0.2) is 21.8 Å². The SMILES string of the molecule is Cc1ccccc1CSc1nc2c(c(=O)[nH]1)[C@H](C(=O)Nc1cc(Cl)ccc1C)CC(=O)N2. The zero-order valence-corrected chi connectivity index (χ0v) is 19.1. The van der Waals surface area contributed by atoms with Crippen LogP contribution in [-0.2, 0) is 15.3 Å². The second kappa shape index (κ2) is 9.18. The summed E-state index contributed by atoms with van der Waals surface area (Å²) in [4.78, 5) is 45.4.